The summed E-state index contributed by atoms with van der Waals surface area (Å²) < 4.78 is 5.38. The number of hydrogen-bond donors (Lipinski definition) is 2. The summed E-state index contributed by atoms with van der Waals surface area (Å²) in [6, 6.07) is 0.424. The summed E-state index contributed by atoms with van der Waals surface area (Å²) >= 11 is 0. The fourth-order valence-electron chi connectivity index (χ4n) is 3.47. The van der Waals surface area contributed by atoms with Crippen molar-refractivity contribution in [1.29, 1.82) is 0 Å². The van der Waals surface area contributed by atoms with Crippen LogP contribution in [0.1, 0.15) is 64.2 Å². The first-order valence-corrected chi connectivity index (χ1v) is 8.35. The van der Waals surface area contributed by atoms with Crippen LogP contribution < -0.4 is 10.6 Å². The number of nitrogens with one attached hydrogen (secondary N) is 2. The van der Waals surface area contributed by atoms with Gasteiger partial charge in [-0.2, -0.15) is 0 Å². The Balaban J connectivity index is 1.60. The van der Waals surface area contributed by atoms with Crippen LogP contribution in [0.15, 0.2) is 0 Å². The number of ether oxygens (including phenoxy) is 1. The molecule has 0 aliphatic heterocycles. The first-order valence-electron chi connectivity index (χ1n) is 8.35. The third kappa shape index (κ3) is 5.31. The molecule has 0 aromatic rings. The van der Waals surface area contributed by atoms with Gasteiger partial charge in [0.2, 0.25) is 0 Å². The van der Waals surface area contributed by atoms with Crippen molar-refractivity contribution in [2.75, 3.05) is 13.7 Å². The Morgan fingerprint density at radius 1 is 1.00 bits per heavy atom. The van der Waals surface area contributed by atoms with Crippen LogP contribution in [0.3, 0.4) is 0 Å². The van der Waals surface area contributed by atoms with E-state index in [1.807, 2.05) is 0 Å². The lowest BCUT2D eigenvalue weighted by Crippen LogP contribution is -2.44. The van der Waals surface area contributed by atoms with Gasteiger partial charge in [-0.1, -0.05) is 25.7 Å². The van der Waals surface area contributed by atoms with E-state index in [-0.39, 0.29) is 6.03 Å². The van der Waals surface area contributed by atoms with Crippen LogP contribution in [-0.2, 0) is 4.74 Å². The van der Waals surface area contributed by atoms with Gasteiger partial charge in [-0.25, -0.2) is 4.79 Å². The van der Waals surface area contributed by atoms with Crippen molar-refractivity contribution in [3.8, 4) is 0 Å². The third-order valence-corrected chi connectivity index (χ3v) is 4.87. The van der Waals surface area contributed by atoms with Crippen LogP contribution in [0.2, 0.25) is 0 Å². The summed E-state index contributed by atoms with van der Waals surface area (Å²) in [6.45, 7) is 0.814. The van der Waals surface area contributed by atoms with E-state index in [0.717, 1.165) is 32.2 Å². The minimum absolute atomic E-state index is 0.0331. The lowest BCUT2D eigenvalue weighted by Gasteiger charge is -2.28. The zero-order chi connectivity index (χ0) is 14.2. The predicted molar refractivity (Wildman–Crippen MR) is 80.8 cm³/mol. The predicted octanol–water partition coefficient (Wildman–Crippen LogP) is 3.21. The van der Waals surface area contributed by atoms with Gasteiger partial charge in [0.1, 0.15) is 0 Å². The molecule has 0 saturated heterocycles. The van der Waals surface area contributed by atoms with E-state index in [2.05, 4.69) is 10.6 Å². The van der Waals surface area contributed by atoms with Crippen molar-refractivity contribution < 1.29 is 9.53 Å². The second kappa shape index (κ2) is 8.50. The van der Waals surface area contributed by atoms with E-state index in [4.69, 9.17) is 4.74 Å². The van der Waals surface area contributed by atoms with Crippen LogP contribution in [0.4, 0.5) is 4.79 Å². The van der Waals surface area contributed by atoms with Crippen molar-refractivity contribution >= 4 is 6.03 Å². The minimum Gasteiger partial charge on any atom is -0.381 e. The van der Waals surface area contributed by atoms with Crippen molar-refractivity contribution in [1.82, 2.24) is 10.6 Å². The zero-order valence-electron chi connectivity index (χ0n) is 12.8. The fourth-order valence-corrected chi connectivity index (χ4v) is 3.47. The molecule has 20 heavy (non-hydrogen) atoms. The number of urea groups is 1. The zero-order valence-corrected chi connectivity index (χ0v) is 12.8. The number of methoxy groups -OCH3 is 1. The summed E-state index contributed by atoms with van der Waals surface area (Å²) in [6.07, 6.45) is 12.5. The van der Waals surface area contributed by atoms with E-state index in [1.165, 1.54) is 38.5 Å². The molecule has 2 amide bonds. The number of carbonyl (C=O) groups excluding carboxylic acids is 1. The average Bonchev–Trinajstić information content (AvgIpc) is 2.74. The number of amides is 2. The summed E-state index contributed by atoms with van der Waals surface area (Å²) in [4.78, 5) is 11.9. The normalized spacial score (nSPS) is 28.6. The fraction of sp³-hybridized carbons (Fsp3) is 0.938. The van der Waals surface area contributed by atoms with E-state index in [0.29, 0.717) is 18.1 Å². The van der Waals surface area contributed by atoms with E-state index in [9.17, 15) is 4.79 Å². The second-order valence-electron chi connectivity index (χ2n) is 6.42. The lowest BCUT2D eigenvalue weighted by atomic mass is 9.87. The third-order valence-electron chi connectivity index (χ3n) is 4.87. The molecule has 0 aromatic heterocycles. The highest BCUT2D eigenvalue weighted by molar-refractivity contribution is 5.74. The molecule has 0 atom stereocenters. The van der Waals surface area contributed by atoms with Crippen LogP contribution in [-0.4, -0.2) is 31.8 Å². The molecule has 2 saturated carbocycles. The van der Waals surface area contributed by atoms with Gasteiger partial charge in [-0.15, -0.1) is 0 Å². The Kier molecular flexibility index (Phi) is 6.64. The van der Waals surface area contributed by atoms with E-state index in [1.54, 1.807) is 7.11 Å². The monoisotopic (exact) mass is 282 g/mol. The lowest BCUT2D eigenvalue weighted by molar-refractivity contribution is 0.0571. The van der Waals surface area contributed by atoms with Gasteiger partial charge >= 0.3 is 6.03 Å². The molecule has 2 fully saturated rings. The Hall–Kier alpha value is -0.770. The number of rotatable bonds is 4. The smallest absolute Gasteiger partial charge is 0.315 e. The standard InChI is InChI=1S/C16H30N2O2/c1-20-15-10-8-13(9-11-15)12-17-16(19)18-14-6-4-2-3-5-7-14/h13-15H,2-12H2,1H3,(H2,17,18,19). The summed E-state index contributed by atoms with van der Waals surface area (Å²) in [5, 5.41) is 6.21. The van der Waals surface area contributed by atoms with Gasteiger partial charge in [0.25, 0.3) is 0 Å². The van der Waals surface area contributed by atoms with Crippen LogP contribution in [0, 0.1) is 5.92 Å². The largest absolute Gasteiger partial charge is 0.381 e. The Morgan fingerprint density at radius 3 is 2.25 bits per heavy atom. The van der Waals surface area contributed by atoms with Gasteiger partial charge < -0.3 is 15.4 Å². The van der Waals surface area contributed by atoms with Crippen molar-refractivity contribution in [2.24, 2.45) is 5.92 Å². The quantitative estimate of drug-likeness (QED) is 0.778. The van der Waals surface area contributed by atoms with Gasteiger partial charge in [-0.3, -0.25) is 0 Å². The van der Waals surface area contributed by atoms with Gasteiger partial charge in [0.05, 0.1) is 6.10 Å². The highest BCUT2D eigenvalue weighted by Gasteiger charge is 2.21. The van der Waals surface area contributed by atoms with Crippen molar-refractivity contribution in [3.05, 3.63) is 0 Å². The Labute approximate surface area is 123 Å². The summed E-state index contributed by atoms with van der Waals surface area (Å²) in [5.41, 5.74) is 0. The molecular weight excluding hydrogens is 252 g/mol. The molecule has 116 valence electrons. The summed E-state index contributed by atoms with van der Waals surface area (Å²) in [7, 11) is 1.80. The van der Waals surface area contributed by atoms with Gasteiger partial charge in [0.15, 0.2) is 0 Å². The molecule has 2 aliphatic carbocycles. The molecule has 0 aromatic carbocycles. The maximum Gasteiger partial charge on any atom is 0.315 e. The molecular formula is C16H30N2O2. The molecule has 0 spiro atoms. The first kappa shape index (κ1) is 15.6. The summed E-state index contributed by atoms with van der Waals surface area (Å²) in [5.74, 6) is 0.626. The second-order valence-corrected chi connectivity index (χ2v) is 6.42. The van der Waals surface area contributed by atoms with Crippen LogP contribution in [0.5, 0.6) is 0 Å². The van der Waals surface area contributed by atoms with E-state index >= 15 is 0 Å². The molecule has 4 nitrogen and oxygen atoms in total. The topological polar surface area (TPSA) is 50.4 Å². The number of carbonyl (C=O) groups is 1. The van der Waals surface area contributed by atoms with Gasteiger partial charge in [-0.05, 0) is 44.4 Å². The molecule has 4 heteroatoms. The molecule has 2 N–H and O–H groups in total. The maximum absolute atomic E-state index is 11.9. The maximum atomic E-state index is 11.9. The molecule has 2 aliphatic rings. The van der Waals surface area contributed by atoms with E-state index < -0.39 is 0 Å². The molecule has 0 radical (unpaired) electrons. The average molecular weight is 282 g/mol. The number of hydrogen-bond acceptors (Lipinski definition) is 2. The first-order chi connectivity index (χ1) is 9.78. The molecule has 2 rings (SSSR count). The molecule has 0 heterocycles. The minimum atomic E-state index is 0.0331. The van der Waals surface area contributed by atoms with Crippen molar-refractivity contribution in [3.63, 3.8) is 0 Å². The molecule has 0 bridgehead atoms. The van der Waals surface area contributed by atoms with Crippen LogP contribution >= 0.6 is 0 Å². The van der Waals surface area contributed by atoms with Crippen LogP contribution in [0.25, 0.3) is 0 Å². The Bertz CT molecular complexity index is 280. The highest BCUT2D eigenvalue weighted by Crippen LogP contribution is 2.25. The van der Waals surface area contributed by atoms with Crippen molar-refractivity contribution in [2.45, 2.75) is 76.4 Å². The SMILES string of the molecule is COC1CCC(CNC(=O)NC2CCCCCC2)CC1. The Morgan fingerprint density at radius 2 is 1.65 bits per heavy atom. The highest BCUT2D eigenvalue weighted by atomic mass is 16.5. The molecule has 0 unspecified atom stereocenters. The van der Waals surface area contributed by atoms with Gasteiger partial charge in [0, 0.05) is 19.7 Å².